The Morgan fingerprint density at radius 1 is 0.976 bits per heavy atom. The van der Waals surface area contributed by atoms with Crippen LogP contribution >= 0.6 is 11.8 Å². The molecule has 1 fully saturated rings. The molecule has 2 aliphatic heterocycles. The van der Waals surface area contributed by atoms with E-state index in [0.717, 1.165) is 16.8 Å². The molecule has 2 heterocycles. The van der Waals surface area contributed by atoms with Crippen molar-refractivity contribution in [2.75, 3.05) is 26.5 Å². The molecule has 0 spiro atoms. The van der Waals surface area contributed by atoms with Crippen molar-refractivity contribution >= 4 is 29.5 Å². The first-order chi connectivity index (χ1) is 20.3. The third kappa shape index (κ3) is 6.36. The van der Waals surface area contributed by atoms with Crippen LogP contribution in [0.2, 0.25) is 0 Å². The number of thioether (sulfide) groups is 1. The number of nitrogens with one attached hydrogen (secondary N) is 1. The van der Waals surface area contributed by atoms with Gasteiger partial charge in [0.2, 0.25) is 0 Å². The Balaban J connectivity index is 1.39. The highest BCUT2D eigenvalue weighted by Gasteiger charge is 2.54. The molecule has 2 unspecified atom stereocenters. The lowest BCUT2D eigenvalue weighted by molar-refractivity contribution is -0.154. The van der Waals surface area contributed by atoms with Gasteiger partial charge in [-0.25, -0.2) is 4.79 Å². The molecule has 0 saturated carbocycles. The van der Waals surface area contributed by atoms with Gasteiger partial charge in [-0.1, -0.05) is 78.9 Å². The highest BCUT2D eigenvalue weighted by atomic mass is 32.2. The van der Waals surface area contributed by atoms with Gasteiger partial charge in [-0.05, 0) is 41.8 Å². The van der Waals surface area contributed by atoms with Crippen molar-refractivity contribution in [2.45, 2.75) is 24.4 Å². The van der Waals surface area contributed by atoms with E-state index in [2.05, 4.69) is 5.32 Å². The number of amides is 2. The lowest BCUT2D eigenvalue weighted by Crippen LogP contribution is -2.70. The Morgan fingerprint density at radius 3 is 2.12 bits per heavy atom. The lowest BCUT2D eigenvalue weighted by atomic mass is 10.0. The van der Waals surface area contributed by atoms with E-state index in [1.54, 1.807) is 12.1 Å². The quantitative estimate of drug-likeness (QED) is 0.277. The maximum Gasteiger partial charge on any atom is 0.356 e. The molecule has 0 aliphatic carbocycles. The molecule has 2 amide bonds. The van der Waals surface area contributed by atoms with E-state index in [-0.39, 0.29) is 18.2 Å². The van der Waals surface area contributed by atoms with Gasteiger partial charge in [0.15, 0.2) is 12.7 Å². The molecule has 42 heavy (non-hydrogen) atoms. The smallest absolute Gasteiger partial charge is 0.356 e. The number of esters is 1. The van der Waals surface area contributed by atoms with Crippen molar-refractivity contribution in [1.82, 2.24) is 15.1 Å². The summed E-state index contributed by atoms with van der Waals surface area (Å²) in [6.07, 6.45) is 1.25. The number of carbonyl (C=O) groups excluding carboxylic acids is 3. The van der Waals surface area contributed by atoms with E-state index < -0.39 is 29.4 Å². The highest BCUT2D eigenvalue weighted by Crippen LogP contribution is 2.42. The second-order valence-corrected chi connectivity index (χ2v) is 11.3. The molecule has 5 rings (SSSR count). The number of ether oxygens (including phenoxy) is 2. The Hall–Kier alpha value is -4.50. The minimum absolute atomic E-state index is 0.202. The molecule has 2 atom stereocenters. The fraction of sp³-hybridized carbons (Fsp3) is 0.242. The topological polar surface area (TPSA) is 88.2 Å². The van der Waals surface area contributed by atoms with Gasteiger partial charge >= 0.3 is 5.97 Å². The fourth-order valence-electron chi connectivity index (χ4n) is 4.75. The van der Waals surface area contributed by atoms with Crippen LogP contribution in [0.3, 0.4) is 0 Å². The minimum Gasteiger partial charge on any atom is -0.484 e. The second kappa shape index (κ2) is 13.0. The van der Waals surface area contributed by atoms with Gasteiger partial charge in [0.25, 0.3) is 11.8 Å². The maximum atomic E-state index is 14.0. The van der Waals surface area contributed by atoms with Crippen LogP contribution in [-0.4, -0.2) is 65.5 Å². The summed E-state index contributed by atoms with van der Waals surface area (Å²) < 4.78 is 11.7. The average Bonchev–Trinajstić information content (AvgIpc) is 3.02. The van der Waals surface area contributed by atoms with Gasteiger partial charge in [0.1, 0.15) is 22.9 Å². The largest absolute Gasteiger partial charge is 0.484 e. The Labute approximate surface area is 250 Å². The molecule has 3 aromatic carbocycles. The predicted molar refractivity (Wildman–Crippen MR) is 162 cm³/mol. The molecule has 1 saturated heterocycles. The number of hydrogen-bond donors (Lipinski definition) is 1. The van der Waals surface area contributed by atoms with Gasteiger partial charge in [0, 0.05) is 25.5 Å². The van der Waals surface area contributed by atoms with Crippen molar-refractivity contribution in [3.8, 4) is 5.75 Å². The van der Waals surface area contributed by atoms with Gasteiger partial charge in [-0.15, -0.1) is 11.8 Å². The zero-order valence-electron chi connectivity index (χ0n) is 23.7. The number of hydrogen-bond acceptors (Lipinski definition) is 7. The van der Waals surface area contributed by atoms with Crippen molar-refractivity contribution in [2.24, 2.45) is 0 Å². The summed E-state index contributed by atoms with van der Waals surface area (Å²) in [6, 6.07) is 27.3. The Kier molecular flexibility index (Phi) is 8.97. The van der Waals surface area contributed by atoms with Crippen molar-refractivity contribution < 1.29 is 23.9 Å². The molecule has 0 radical (unpaired) electrons. The summed E-state index contributed by atoms with van der Waals surface area (Å²) in [6.45, 7) is 1.72. The van der Waals surface area contributed by atoms with Crippen molar-refractivity contribution in [3.63, 3.8) is 0 Å². The number of fused-ring (bicyclic) bond motifs is 1. The van der Waals surface area contributed by atoms with E-state index in [1.807, 2.05) is 111 Å². The number of rotatable bonds is 10. The molecule has 3 aromatic rings. The minimum atomic E-state index is -0.774. The van der Waals surface area contributed by atoms with E-state index >= 15 is 0 Å². The van der Waals surface area contributed by atoms with Crippen molar-refractivity contribution in [1.29, 1.82) is 0 Å². The summed E-state index contributed by atoms with van der Waals surface area (Å²) in [5, 5.41) is 2.35. The molecule has 0 bridgehead atoms. The first kappa shape index (κ1) is 29.0. The predicted octanol–water partition coefficient (Wildman–Crippen LogP) is 4.52. The summed E-state index contributed by atoms with van der Waals surface area (Å²) in [7, 11) is 3.84. The van der Waals surface area contributed by atoms with Crippen LogP contribution in [0.25, 0.3) is 0 Å². The molecular weight excluding hydrogens is 550 g/mol. The normalized spacial score (nSPS) is 18.2. The molecule has 1 N–H and O–H groups in total. The molecular formula is C33H33N3O5S. The standard InChI is InChI=1S/C33H33N3O5S/c1-22(35(2)3)19-25-21-42-32-28(34-27(37)20-40-26-17-11-6-12-18-26)31(38)36(32)29(25)33(39)41-30(23-13-7-4-8-14-23)24-15-9-5-10-16-24/h4-19,28,30,32H,20-21H2,1-3H3,(H,34,37)/b22-19+. The lowest BCUT2D eigenvalue weighted by Gasteiger charge is -2.49. The number of nitrogens with zero attached hydrogens (tertiary/aromatic N) is 2. The monoisotopic (exact) mass is 583 g/mol. The van der Waals surface area contributed by atoms with Crippen LogP contribution in [0.15, 0.2) is 114 Å². The first-order valence-corrected chi connectivity index (χ1v) is 14.7. The molecule has 2 aliphatic rings. The van der Waals surface area contributed by atoms with Crippen molar-refractivity contribution in [3.05, 3.63) is 125 Å². The molecule has 9 heteroatoms. The van der Waals surface area contributed by atoms with Crippen LogP contribution in [0, 0.1) is 0 Å². The van der Waals surface area contributed by atoms with E-state index in [9.17, 15) is 14.4 Å². The van der Waals surface area contributed by atoms with Gasteiger partial charge in [0.05, 0.1) is 0 Å². The van der Waals surface area contributed by atoms with Crippen LogP contribution in [-0.2, 0) is 19.1 Å². The third-order valence-electron chi connectivity index (χ3n) is 7.14. The average molecular weight is 584 g/mol. The van der Waals surface area contributed by atoms with E-state index in [4.69, 9.17) is 9.47 Å². The van der Waals surface area contributed by atoms with Crippen LogP contribution < -0.4 is 10.1 Å². The third-order valence-corrected chi connectivity index (χ3v) is 8.44. The van der Waals surface area contributed by atoms with Crippen LogP contribution in [0.5, 0.6) is 5.75 Å². The summed E-state index contributed by atoms with van der Waals surface area (Å²) in [4.78, 5) is 43.6. The molecule has 0 aromatic heterocycles. The first-order valence-electron chi connectivity index (χ1n) is 13.6. The van der Waals surface area contributed by atoms with Crippen LogP contribution in [0.4, 0.5) is 0 Å². The number of β-lactam (4-membered cyclic amide) rings is 1. The number of allylic oxidation sites excluding steroid dienone is 2. The zero-order valence-corrected chi connectivity index (χ0v) is 24.5. The Morgan fingerprint density at radius 2 is 1.55 bits per heavy atom. The Bertz CT molecular complexity index is 1450. The summed E-state index contributed by atoms with van der Waals surface area (Å²) in [5.74, 6) is -0.336. The van der Waals surface area contributed by atoms with Gasteiger partial charge in [-0.3, -0.25) is 14.5 Å². The summed E-state index contributed by atoms with van der Waals surface area (Å²) >= 11 is 1.50. The van der Waals surface area contributed by atoms with Gasteiger partial charge in [-0.2, -0.15) is 0 Å². The fourth-order valence-corrected chi connectivity index (χ4v) is 6.06. The second-order valence-electron chi connectivity index (χ2n) is 10.2. The number of carbonyl (C=O) groups is 3. The van der Waals surface area contributed by atoms with Crippen LogP contribution in [0.1, 0.15) is 24.2 Å². The molecule has 216 valence electrons. The van der Waals surface area contributed by atoms with E-state index in [1.165, 1.54) is 16.7 Å². The zero-order chi connectivity index (χ0) is 29.6. The molecule has 8 nitrogen and oxygen atoms in total. The summed E-state index contributed by atoms with van der Waals surface area (Å²) in [5.41, 5.74) is 3.46. The number of benzene rings is 3. The maximum absolute atomic E-state index is 14.0. The highest BCUT2D eigenvalue weighted by molar-refractivity contribution is 8.00. The van der Waals surface area contributed by atoms with E-state index in [0.29, 0.717) is 17.1 Å². The SMILES string of the molecule is C/C(=C\C1=C(C(=O)OC(c2ccccc2)c2ccccc2)N2C(=O)C(NC(=O)COc3ccccc3)C2SC1)N(C)C. The number of para-hydroxylation sites is 1. The van der Waals surface area contributed by atoms with Gasteiger partial charge < -0.3 is 19.7 Å².